The SMILES string of the molecule is CC(NC(=O)c1ccc(NN)nc1)C1CC2CCC1C2. The second-order valence-corrected chi connectivity index (χ2v) is 6.18. The Kier molecular flexibility index (Phi) is 3.61. The summed E-state index contributed by atoms with van der Waals surface area (Å²) >= 11 is 0. The Morgan fingerprint density at radius 3 is 2.80 bits per heavy atom. The lowest BCUT2D eigenvalue weighted by Crippen LogP contribution is -2.40. The van der Waals surface area contributed by atoms with E-state index in [2.05, 4.69) is 22.7 Å². The average Bonchev–Trinajstić information content (AvgIpc) is 3.10. The molecule has 3 rings (SSSR count). The minimum atomic E-state index is -0.0451. The first-order valence-electron chi connectivity index (χ1n) is 7.41. The number of rotatable bonds is 4. The van der Waals surface area contributed by atoms with E-state index < -0.39 is 0 Å². The first-order valence-corrected chi connectivity index (χ1v) is 7.41. The van der Waals surface area contributed by atoms with Crippen LogP contribution < -0.4 is 16.6 Å². The van der Waals surface area contributed by atoms with Gasteiger partial charge in [0.1, 0.15) is 5.82 Å². The molecule has 5 heteroatoms. The summed E-state index contributed by atoms with van der Waals surface area (Å²) in [6, 6.07) is 3.69. The number of carbonyl (C=O) groups is 1. The summed E-state index contributed by atoms with van der Waals surface area (Å²) in [6.45, 7) is 2.13. The lowest BCUT2D eigenvalue weighted by Gasteiger charge is -2.28. The highest BCUT2D eigenvalue weighted by Gasteiger charge is 2.42. The van der Waals surface area contributed by atoms with E-state index in [9.17, 15) is 4.79 Å². The normalized spacial score (nSPS) is 29.2. The Morgan fingerprint density at radius 2 is 2.25 bits per heavy atom. The van der Waals surface area contributed by atoms with Crippen molar-refractivity contribution in [2.24, 2.45) is 23.6 Å². The number of pyridine rings is 1. The van der Waals surface area contributed by atoms with Crippen LogP contribution in [0.3, 0.4) is 0 Å². The van der Waals surface area contributed by atoms with Gasteiger partial charge in [-0.05, 0) is 56.1 Å². The summed E-state index contributed by atoms with van der Waals surface area (Å²) in [5.41, 5.74) is 3.04. The Balaban J connectivity index is 1.60. The summed E-state index contributed by atoms with van der Waals surface area (Å²) < 4.78 is 0. The highest BCUT2D eigenvalue weighted by Crippen LogP contribution is 2.49. The van der Waals surface area contributed by atoms with E-state index in [4.69, 9.17) is 5.84 Å². The van der Waals surface area contributed by atoms with Gasteiger partial charge in [0.15, 0.2) is 0 Å². The van der Waals surface area contributed by atoms with Crippen molar-refractivity contribution >= 4 is 11.7 Å². The van der Waals surface area contributed by atoms with Crippen molar-refractivity contribution in [1.82, 2.24) is 10.3 Å². The van der Waals surface area contributed by atoms with Crippen LogP contribution in [0.4, 0.5) is 5.82 Å². The molecule has 1 aromatic heterocycles. The molecule has 1 heterocycles. The van der Waals surface area contributed by atoms with Gasteiger partial charge in [0.25, 0.3) is 5.91 Å². The summed E-state index contributed by atoms with van der Waals surface area (Å²) in [7, 11) is 0. The van der Waals surface area contributed by atoms with Gasteiger partial charge in [0, 0.05) is 12.2 Å². The third-order valence-electron chi connectivity index (χ3n) is 4.97. The molecular formula is C15H22N4O. The monoisotopic (exact) mass is 274 g/mol. The van der Waals surface area contributed by atoms with E-state index in [0.29, 0.717) is 17.3 Å². The van der Waals surface area contributed by atoms with Gasteiger partial charge in [-0.2, -0.15) is 0 Å². The van der Waals surface area contributed by atoms with Gasteiger partial charge in [-0.15, -0.1) is 0 Å². The zero-order valence-electron chi connectivity index (χ0n) is 11.8. The molecule has 5 nitrogen and oxygen atoms in total. The van der Waals surface area contributed by atoms with E-state index in [1.54, 1.807) is 18.3 Å². The summed E-state index contributed by atoms with van der Waals surface area (Å²) in [5, 5.41) is 3.13. The van der Waals surface area contributed by atoms with Crippen LogP contribution in [0.5, 0.6) is 0 Å². The fourth-order valence-corrected chi connectivity index (χ4v) is 3.92. The molecule has 0 aliphatic heterocycles. The maximum absolute atomic E-state index is 12.2. The second kappa shape index (κ2) is 5.40. The van der Waals surface area contributed by atoms with Crippen molar-refractivity contribution < 1.29 is 4.79 Å². The molecule has 1 amide bonds. The van der Waals surface area contributed by atoms with Gasteiger partial charge >= 0.3 is 0 Å². The molecule has 1 aromatic rings. The van der Waals surface area contributed by atoms with Gasteiger partial charge < -0.3 is 10.7 Å². The number of carbonyl (C=O) groups excluding carboxylic acids is 1. The fourth-order valence-electron chi connectivity index (χ4n) is 3.92. The second-order valence-electron chi connectivity index (χ2n) is 6.18. The predicted octanol–water partition coefficient (Wildman–Crippen LogP) is 1.92. The van der Waals surface area contributed by atoms with Gasteiger partial charge in [0.05, 0.1) is 5.56 Å². The fraction of sp³-hybridized carbons (Fsp3) is 0.600. The van der Waals surface area contributed by atoms with Crippen LogP contribution in [0.25, 0.3) is 0 Å². The smallest absolute Gasteiger partial charge is 0.253 e. The van der Waals surface area contributed by atoms with Crippen molar-refractivity contribution in [2.75, 3.05) is 5.43 Å². The van der Waals surface area contributed by atoms with Crippen molar-refractivity contribution in [1.29, 1.82) is 0 Å². The van der Waals surface area contributed by atoms with Crippen LogP contribution in [0, 0.1) is 17.8 Å². The Bertz CT molecular complexity index is 487. The molecule has 2 bridgehead atoms. The number of fused-ring (bicyclic) bond motifs is 2. The topological polar surface area (TPSA) is 80.0 Å². The average molecular weight is 274 g/mol. The Hall–Kier alpha value is -1.62. The minimum absolute atomic E-state index is 0.0451. The molecule has 0 saturated heterocycles. The maximum atomic E-state index is 12.2. The minimum Gasteiger partial charge on any atom is -0.349 e. The number of hydrogen-bond donors (Lipinski definition) is 3. The van der Waals surface area contributed by atoms with Gasteiger partial charge in [0.2, 0.25) is 0 Å². The summed E-state index contributed by atoms with van der Waals surface area (Å²) in [4.78, 5) is 16.3. The number of hydrazine groups is 1. The van der Waals surface area contributed by atoms with E-state index in [0.717, 1.165) is 11.8 Å². The zero-order chi connectivity index (χ0) is 14.1. The van der Waals surface area contributed by atoms with Crippen molar-refractivity contribution in [3.05, 3.63) is 23.9 Å². The highest BCUT2D eigenvalue weighted by atomic mass is 16.1. The Morgan fingerprint density at radius 1 is 1.40 bits per heavy atom. The van der Waals surface area contributed by atoms with E-state index in [-0.39, 0.29) is 11.9 Å². The van der Waals surface area contributed by atoms with Crippen LogP contribution in [0.2, 0.25) is 0 Å². The van der Waals surface area contributed by atoms with E-state index >= 15 is 0 Å². The number of hydrogen-bond acceptors (Lipinski definition) is 4. The lowest BCUT2D eigenvalue weighted by atomic mass is 9.84. The highest BCUT2D eigenvalue weighted by molar-refractivity contribution is 5.94. The number of anilines is 1. The largest absolute Gasteiger partial charge is 0.349 e. The quantitative estimate of drug-likeness (QED) is 0.579. The first-order chi connectivity index (χ1) is 9.67. The molecule has 4 unspecified atom stereocenters. The van der Waals surface area contributed by atoms with E-state index in [1.165, 1.54) is 25.7 Å². The molecule has 20 heavy (non-hydrogen) atoms. The molecular weight excluding hydrogens is 252 g/mol. The molecule has 4 atom stereocenters. The third-order valence-corrected chi connectivity index (χ3v) is 4.97. The summed E-state index contributed by atoms with van der Waals surface area (Å²) in [5.74, 6) is 8.14. The van der Waals surface area contributed by atoms with Crippen LogP contribution in [-0.4, -0.2) is 16.9 Å². The number of aromatic nitrogens is 1. The predicted molar refractivity (Wildman–Crippen MR) is 77.9 cm³/mol. The van der Waals surface area contributed by atoms with E-state index in [1.807, 2.05) is 0 Å². The number of amides is 1. The van der Waals surface area contributed by atoms with Crippen LogP contribution in [-0.2, 0) is 0 Å². The van der Waals surface area contributed by atoms with Crippen molar-refractivity contribution in [3.8, 4) is 0 Å². The molecule has 2 aliphatic rings. The van der Waals surface area contributed by atoms with Crippen LogP contribution in [0.1, 0.15) is 43.0 Å². The number of nitrogen functional groups attached to an aromatic ring is 1. The molecule has 0 radical (unpaired) electrons. The standard InChI is InChI=1S/C15H22N4O/c1-9(13-7-10-2-3-11(13)6-10)18-15(20)12-4-5-14(19-16)17-8-12/h4-5,8-11,13H,2-3,6-7,16H2,1H3,(H,17,19)(H,18,20). The molecule has 0 spiro atoms. The Labute approximate surface area is 119 Å². The molecule has 4 N–H and O–H groups in total. The maximum Gasteiger partial charge on any atom is 0.253 e. The van der Waals surface area contributed by atoms with Crippen LogP contribution >= 0.6 is 0 Å². The van der Waals surface area contributed by atoms with Gasteiger partial charge in [-0.1, -0.05) is 6.42 Å². The molecule has 108 valence electrons. The lowest BCUT2D eigenvalue weighted by molar-refractivity contribution is 0.0915. The summed E-state index contributed by atoms with van der Waals surface area (Å²) in [6.07, 6.45) is 6.93. The molecule has 2 aliphatic carbocycles. The van der Waals surface area contributed by atoms with Crippen molar-refractivity contribution in [2.45, 2.75) is 38.6 Å². The van der Waals surface area contributed by atoms with Gasteiger partial charge in [-0.3, -0.25) is 4.79 Å². The number of nitrogens with one attached hydrogen (secondary N) is 2. The molecule has 2 saturated carbocycles. The zero-order valence-corrected chi connectivity index (χ0v) is 11.8. The third kappa shape index (κ3) is 2.50. The van der Waals surface area contributed by atoms with Gasteiger partial charge in [-0.25, -0.2) is 10.8 Å². The number of nitrogens with zero attached hydrogens (tertiary/aromatic N) is 1. The van der Waals surface area contributed by atoms with Crippen molar-refractivity contribution in [3.63, 3.8) is 0 Å². The molecule has 2 fully saturated rings. The number of nitrogens with two attached hydrogens (primary N) is 1. The van der Waals surface area contributed by atoms with Crippen LogP contribution in [0.15, 0.2) is 18.3 Å². The first kappa shape index (κ1) is 13.4. The molecule has 0 aromatic carbocycles.